The minimum Gasteiger partial charge on any atom is -0.462 e. The van der Waals surface area contributed by atoms with E-state index in [9.17, 15) is 14.7 Å². The molecule has 0 aliphatic carbocycles. The second kappa shape index (κ2) is 72.4. The normalized spacial score (nSPS) is 12.3. The monoisotopic (exact) mass is 1140 g/mol. The zero-order valence-electron chi connectivity index (χ0n) is 55.1. The van der Waals surface area contributed by atoms with E-state index in [0.717, 1.165) is 44.9 Å². The number of allylic oxidation sites excluding steroid dienone is 6. The van der Waals surface area contributed by atoms with Crippen LogP contribution in [0.5, 0.6) is 0 Å². The Bertz CT molecular complexity index is 1290. The molecule has 0 saturated heterocycles. The quantitative estimate of drug-likeness (QED) is 0.0373. The van der Waals surface area contributed by atoms with Crippen molar-refractivity contribution in [1.82, 2.24) is 0 Å². The van der Waals surface area contributed by atoms with Gasteiger partial charge in [0.1, 0.15) is 6.61 Å². The Morgan fingerprint density at radius 2 is 0.494 bits per heavy atom. The third-order valence-corrected chi connectivity index (χ3v) is 17.2. The summed E-state index contributed by atoms with van der Waals surface area (Å²) in [6.45, 7) is 4.20. The number of aliphatic hydroxyl groups is 1. The maximum absolute atomic E-state index is 12.4. The first-order valence-electron chi connectivity index (χ1n) is 37.0. The summed E-state index contributed by atoms with van der Waals surface area (Å²) in [5.74, 6) is -0.564. The first-order chi connectivity index (χ1) is 40.1. The molecule has 5 heteroatoms. The first-order valence-corrected chi connectivity index (χ1v) is 37.0. The van der Waals surface area contributed by atoms with Gasteiger partial charge in [0.15, 0.2) is 6.10 Å². The number of esters is 2. The van der Waals surface area contributed by atoms with Gasteiger partial charge in [-0.2, -0.15) is 0 Å². The molecule has 81 heavy (non-hydrogen) atoms. The second-order valence-corrected chi connectivity index (χ2v) is 25.4. The van der Waals surface area contributed by atoms with Gasteiger partial charge in [-0.15, -0.1) is 0 Å². The third-order valence-electron chi connectivity index (χ3n) is 17.2. The minimum absolute atomic E-state index is 0.0589. The van der Waals surface area contributed by atoms with Gasteiger partial charge in [-0.3, -0.25) is 9.59 Å². The van der Waals surface area contributed by atoms with Crippen LogP contribution >= 0.6 is 0 Å². The Balaban J connectivity index is 3.38. The molecule has 0 fully saturated rings. The summed E-state index contributed by atoms with van der Waals surface area (Å²) in [4.78, 5) is 24.7. The molecule has 1 N–H and O–H groups in total. The van der Waals surface area contributed by atoms with E-state index in [1.54, 1.807) is 0 Å². The molecule has 0 rings (SSSR count). The van der Waals surface area contributed by atoms with Crippen LogP contribution in [0.3, 0.4) is 0 Å². The number of carbonyl (C=O) groups excluding carboxylic acids is 2. The summed E-state index contributed by atoms with van der Waals surface area (Å²) >= 11 is 0. The van der Waals surface area contributed by atoms with E-state index in [1.807, 2.05) is 0 Å². The highest BCUT2D eigenvalue weighted by atomic mass is 16.6. The molecule has 0 aromatic carbocycles. The van der Waals surface area contributed by atoms with Crippen LogP contribution in [0.4, 0.5) is 0 Å². The SMILES string of the molecule is CCCCCCC/C=C\C/C=C\C/C=C\CCCCCCCCCCCCCCCCCCCCC(=O)OC(CO)COC(=O)CCCCCCCCCCCCCCCCCCCCCCCCCCCCCCCCCCCC. The van der Waals surface area contributed by atoms with Gasteiger partial charge in [-0.1, -0.05) is 391 Å². The molecule has 0 aliphatic rings. The molecule has 0 spiro atoms. The minimum atomic E-state index is -0.770. The van der Waals surface area contributed by atoms with E-state index >= 15 is 0 Å². The van der Waals surface area contributed by atoms with E-state index in [2.05, 4.69) is 50.3 Å². The van der Waals surface area contributed by atoms with E-state index in [1.165, 1.54) is 347 Å². The molecule has 0 aliphatic heterocycles. The Morgan fingerprint density at radius 3 is 0.741 bits per heavy atom. The fraction of sp³-hybridized carbons (Fsp3) is 0.895. The van der Waals surface area contributed by atoms with Crippen molar-refractivity contribution >= 4 is 11.9 Å². The molecule has 1 unspecified atom stereocenters. The molecular weight excluding hydrogens is 993 g/mol. The van der Waals surface area contributed by atoms with Crippen LogP contribution in [-0.2, 0) is 19.1 Å². The number of rotatable bonds is 70. The summed E-state index contributed by atoms with van der Waals surface area (Å²) < 4.78 is 10.8. The lowest BCUT2D eigenvalue weighted by atomic mass is 10.0. The third kappa shape index (κ3) is 70.5. The molecule has 0 radical (unpaired) electrons. The van der Waals surface area contributed by atoms with Gasteiger partial charge in [0.05, 0.1) is 6.61 Å². The van der Waals surface area contributed by atoms with E-state index in [-0.39, 0.29) is 25.2 Å². The molecule has 0 heterocycles. The first kappa shape index (κ1) is 79.1. The summed E-state index contributed by atoms with van der Waals surface area (Å²) in [5.41, 5.74) is 0. The second-order valence-electron chi connectivity index (χ2n) is 25.4. The van der Waals surface area contributed by atoms with Crippen LogP contribution in [0.15, 0.2) is 36.5 Å². The standard InChI is InChI=1S/C76H144O5/c1-3-5-7-9-11-13-15-17-19-21-23-25-27-29-31-33-35-37-39-40-42-44-46-48-50-52-54-56-58-60-62-64-66-68-70-75(78)80-73-74(72-77)81-76(79)71-69-67-65-63-61-59-57-55-53-51-49-47-45-43-41-38-36-34-32-30-28-26-24-22-20-18-16-14-12-10-8-6-4-2/h16,18,22,24,28,30,74,77H,3-15,17,19-21,23,25-27,29,31-73H2,1-2H3/b18-16-,24-22-,30-28-. The Morgan fingerprint density at radius 1 is 0.284 bits per heavy atom. The van der Waals surface area contributed by atoms with E-state index < -0.39 is 6.10 Å². The highest BCUT2D eigenvalue weighted by molar-refractivity contribution is 5.70. The predicted octanol–water partition coefficient (Wildman–Crippen LogP) is 25.7. The molecule has 0 saturated carbocycles. The zero-order valence-corrected chi connectivity index (χ0v) is 55.1. The largest absolute Gasteiger partial charge is 0.462 e. The summed E-state index contributed by atoms with van der Waals surface area (Å²) in [6, 6.07) is 0. The summed E-state index contributed by atoms with van der Waals surface area (Å²) in [5, 5.41) is 9.71. The van der Waals surface area contributed by atoms with Gasteiger partial charge in [-0.05, 0) is 51.4 Å². The van der Waals surface area contributed by atoms with Crippen molar-refractivity contribution < 1.29 is 24.2 Å². The molecular formula is C76H144O5. The summed E-state index contributed by atoms with van der Waals surface area (Å²) in [7, 11) is 0. The van der Waals surface area contributed by atoms with Crippen LogP contribution in [-0.4, -0.2) is 36.4 Å². The lowest BCUT2D eigenvalue weighted by Crippen LogP contribution is -2.28. The average molecular weight is 1140 g/mol. The lowest BCUT2D eigenvalue weighted by molar-refractivity contribution is -0.161. The van der Waals surface area contributed by atoms with Crippen molar-refractivity contribution in [2.75, 3.05) is 13.2 Å². The summed E-state index contributed by atoms with van der Waals surface area (Å²) in [6.07, 6.45) is 96.4. The number of unbranched alkanes of at least 4 members (excludes halogenated alkanes) is 56. The maximum atomic E-state index is 12.4. The predicted molar refractivity (Wildman–Crippen MR) is 358 cm³/mol. The number of hydrogen-bond donors (Lipinski definition) is 1. The molecule has 0 amide bonds. The van der Waals surface area contributed by atoms with Gasteiger partial charge in [0.2, 0.25) is 0 Å². The Kier molecular flexibility index (Phi) is 70.7. The van der Waals surface area contributed by atoms with Gasteiger partial charge in [0.25, 0.3) is 0 Å². The van der Waals surface area contributed by atoms with Crippen molar-refractivity contribution in [2.45, 2.75) is 424 Å². The number of hydrogen-bond acceptors (Lipinski definition) is 5. The topological polar surface area (TPSA) is 72.8 Å². The van der Waals surface area contributed by atoms with Gasteiger partial charge >= 0.3 is 11.9 Å². The highest BCUT2D eigenvalue weighted by Crippen LogP contribution is 2.20. The van der Waals surface area contributed by atoms with Crippen LogP contribution in [0, 0.1) is 0 Å². The Hall–Kier alpha value is -1.88. The number of carbonyl (C=O) groups is 2. The molecule has 0 bridgehead atoms. The lowest BCUT2D eigenvalue weighted by Gasteiger charge is -2.15. The molecule has 0 aromatic heterocycles. The van der Waals surface area contributed by atoms with Gasteiger partial charge in [-0.25, -0.2) is 0 Å². The van der Waals surface area contributed by atoms with Crippen molar-refractivity contribution in [1.29, 1.82) is 0 Å². The fourth-order valence-electron chi connectivity index (χ4n) is 11.6. The van der Waals surface area contributed by atoms with Crippen LogP contribution in [0.1, 0.15) is 418 Å². The van der Waals surface area contributed by atoms with Crippen molar-refractivity contribution in [3.05, 3.63) is 36.5 Å². The molecule has 0 aromatic rings. The van der Waals surface area contributed by atoms with Crippen molar-refractivity contribution in [3.63, 3.8) is 0 Å². The molecule has 1 atom stereocenters. The molecule has 478 valence electrons. The van der Waals surface area contributed by atoms with Crippen molar-refractivity contribution in [2.24, 2.45) is 0 Å². The van der Waals surface area contributed by atoms with Crippen LogP contribution in [0.2, 0.25) is 0 Å². The smallest absolute Gasteiger partial charge is 0.306 e. The highest BCUT2D eigenvalue weighted by Gasteiger charge is 2.16. The van der Waals surface area contributed by atoms with E-state index in [0.29, 0.717) is 12.8 Å². The van der Waals surface area contributed by atoms with Crippen LogP contribution in [0.25, 0.3) is 0 Å². The van der Waals surface area contributed by atoms with Crippen LogP contribution < -0.4 is 0 Å². The van der Waals surface area contributed by atoms with Gasteiger partial charge in [0, 0.05) is 12.8 Å². The fourth-order valence-corrected chi connectivity index (χ4v) is 11.6. The van der Waals surface area contributed by atoms with Crippen molar-refractivity contribution in [3.8, 4) is 0 Å². The maximum Gasteiger partial charge on any atom is 0.306 e. The molecule has 5 nitrogen and oxygen atoms in total. The zero-order chi connectivity index (χ0) is 58.4. The van der Waals surface area contributed by atoms with E-state index in [4.69, 9.17) is 9.47 Å². The average Bonchev–Trinajstić information content (AvgIpc) is 3.47. The number of aliphatic hydroxyl groups excluding tert-OH is 1. The Labute approximate surface area is 507 Å². The number of ether oxygens (including phenoxy) is 2. The van der Waals surface area contributed by atoms with Gasteiger partial charge < -0.3 is 14.6 Å².